The van der Waals surface area contributed by atoms with E-state index in [2.05, 4.69) is 15.8 Å². The molecule has 2 heterocycles. The maximum atomic E-state index is 12.8. The highest BCUT2D eigenvalue weighted by atomic mass is 32.2. The Balaban J connectivity index is 1.42. The van der Waals surface area contributed by atoms with Crippen molar-refractivity contribution in [2.45, 2.75) is 38.8 Å². The fraction of sp³-hybridized carbons (Fsp3) is 0.280. The van der Waals surface area contributed by atoms with Crippen LogP contribution in [0.3, 0.4) is 0 Å². The summed E-state index contributed by atoms with van der Waals surface area (Å²) in [6, 6.07) is 17.7. The molecule has 2 aromatic carbocycles. The number of aryl methyl sites for hydroxylation is 1. The highest BCUT2D eigenvalue weighted by Crippen LogP contribution is 2.24. The molecule has 1 aliphatic rings. The number of benzene rings is 2. The number of aliphatic carboxylic acids is 1. The Morgan fingerprint density at radius 1 is 0.939 bits per heavy atom. The van der Waals surface area contributed by atoms with Crippen LogP contribution < -0.4 is 4.72 Å². The molecule has 1 aliphatic heterocycles. The summed E-state index contributed by atoms with van der Waals surface area (Å²) in [5, 5.41) is 9.06. The van der Waals surface area contributed by atoms with E-state index in [1.54, 1.807) is 6.20 Å². The zero-order chi connectivity index (χ0) is 23.3. The van der Waals surface area contributed by atoms with Gasteiger partial charge in [0.05, 0.1) is 0 Å². The Morgan fingerprint density at radius 3 is 2.24 bits per heavy atom. The van der Waals surface area contributed by atoms with E-state index in [1.807, 2.05) is 54.7 Å². The third kappa shape index (κ3) is 6.25. The number of carbonyl (C=O) groups is 1. The average Bonchev–Trinajstić information content (AvgIpc) is 3.24. The molecule has 3 aromatic rings. The van der Waals surface area contributed by atoms with Crippen LogP contribution in [0.5, 0.6) is 0 Å². The molecule has 0 saturated carbocycles. The van der Waals surface area contributed by atoms with Crippen LogP contribution in [0.2, 0.25) is 0 Å². The number of carboxylic acids is 1. The van der Waals surface area contributed by atoms with E-state index in [1.165, 1.54) is 4.31 Å². The second kappa shape index (κ2) is 10.2. The van der Waals surface area contributed by atoms with Gasteiger partial charge in [-0.15, -0.1) is 0 Å². The van der Waals surface area contributed by atoms with Crippen LogP contribution in [0.1, 0.15) is 39.8 Å². The molecule has 0 spiro atoms. The van der Waals surface area contributed by atoms with Crippen LogP contribution in [-0.4, -0.2) is 35.3 Å². The van der Waals surface area contributed by atoms with Gasteiger partial charge < -0.3 is 5.11 Å². The number of fused-ring (bicyclic) bond motifs is 1. The molecule has 0 atom stereocenters. The summed E-state index contributed by atoms with van der Waals surface area (Å²) < 4.78 is 29.7. The van der Waals surface area contributed by atoms with Crippen LogP contribution in [0, 0.1) is 0 Å². The molecule has 0 bridgehead atoms. The summed E-state index contributed by atoms with van der Waals surface area (Å²) in [5.41, 5.74) is 6.10. The topological polar surface area (TPSA) is 99.6 Å². The lowest BCUT2D eigenvalue weighted by Gasteiger charge is -2.16. The molecule has 0 fully saturated rings. The molecule has 0 radical (unpaired) electrons. The number of nitrogens with zero attached hydrogens (tertiary/aromatic N) is 2. The van der Waals surface area contributed by atoms with E-state index >= 15 is 0 Å². The van der Waals surface area contributed by atoms with Crippen LogP contribution in [0.15, 0.2) is 67.0 Å². The predicted molar refractivity (Wildman–Crippen MR) is 126 cm³/mol. The van der Waals surface area contributed by atoms with Crippen molar-refractivity contribution in [1.29, 1.82) is 0 Å². The van der Waals surface area contributed by atoms with Gasteiger partial charge in [-0.05, 0) is 58.7 Å². The van der Waals surface area contributed by atoms with E-state index in [0.29, 0.717) is 32.4 Å². The van der Waals surface area contributed by atoms with Gasteiger partial charge in [0.1, 0.15) is 0 Å². The zero-order valence-electron chi connectivity index (χ0n) is 18.3. The average molecular weight is 466 g/mol. The van der Waals surface area contributed by atoms with Crippen molar-refractivity contribution < 1.29 is 18.3 Å². The van der Waals surface area contributed by atoms with Crippen molar-refractivity contribution in [2.24, 2.45) is 0 Å². The summed E-state index contributed by atoms with van der Waals surface area (Å²) in [6.07, 6.45) is 5.22. The van der Waals surface area contributed by atoms with Gasteiger partial charge in [0.25, 0.3) is 10.2 Å². The predicted octanol–water partition coefficient (Wildman–Crippen LogP) is 3.08. The van der Waals surface area contributed by atoms with E-state index in [0.717, 1.165) is 33.4 Å². The molecule has 172 valence electrons. The van der Waals surface area contributed by atoms with E-state index in [4.69, 9.17) is 5.11 Å². The second-order valence-electron chi connectivity index (χ2n) is 8.28. The highest BCUT2D eigenvalue weighted by Gasteiger charge is 2.28. The van der Waals surface area contributed by atoms with Crippen LogP contribution in [0.25, 0.3) is 0 Å². The summed E-state index contributed by atoms with van der Waals surface area (Å²) in [5.74, 6) is -0.839. The van der Waals surface area contributed by atoms with Gasteiger partial charge in [-0.2, -0.15) is 12.7 Å². The third-order valence-electron chi connectivity index (χ3n) is 5.72. The summed E-state index contributed by atoms with van der Waals surface area (Å²) in [7, 11) is -3.59. The summed E-state index contributed by atoms with van der Waals surface area (Å²) in [4.78, 5) is 15.2. The van der Waals surface area contributed by atoms with Crippen molar-refractivity contribution >= 4 is 16.2 Å². The Kier molecular flexibility index (Phi) is 7.17. The number of aromatic nitrogens is 1. The molecule has 8 heteroatoms. The molecule has 7 nitrogen and oxygen atoms in total. The fourth-order valence-corrected chi connectivity index (χ4v) is 5.27. The number of rotatable bonds is 10. The lowest BCUT2D eigenvalue weighted by molar-refractivity contribution is -0.136. The smallest absolute Gasteiger partial charge is 0.303 e. The molecule has 0 saturated heterocycles. The summed E-state index contributed by atoms with van der Waals surface area (Å²) in [6.45, 7) is 1.03. The number of carboxylic acid groups (broad SMARTS) is 1. The first-order valence-electron chi connectivity index (χ1n) is 10.9. The monoisotopic (exact) mass is 465 g/mol. The Labute approximate surface area is 194 Å². The standard InChI is InChI=1S/C25H27N3O4S/c29-25(30)8-7-19-12-20(14-22(13-19)15-21-4-3-10-26-16-21)9-11-27-33(31,32)28-17-23-5-1-2-6-24(23)18-28/h1-6,10,12-14,16,27H,7-9,11,15,17-18H2,(H,29,30). The van der Waals surface area contributed by atoms with Gasteiger partial charge >= 0.3 is 5.97 Å². The minimum atomic E-state index is -3.59. The number of hydrogen-bond acceptors (Lipinski definition) is 4. The van der Waals surface area contributed by atoms with Gasteiger partial charge in [-0.25, -0.2) is 4.72 Å². The minimum absolute atomic E-state index is 0.0535. The normalized spacial score (nSPS) is 13.7. The lowest BCUT2D eigenvalue weighted by atomic mass is 9.97. The van der Waals surface area contributed by atoms with Gasteiger partial charge in [0.15, 0.2) is 0 Å². The van der Waals surface area contributed by atoms with Crippen molar-refractivity contribution in [3.05, 3.63) is 100 Å². The summed E-state index contributed by atoms with van der Waals surface area (Å²) >= 11 is 0. The van der Waals surface area contributed by atoms with Gasteiger partial charge in [-0.3, -0.25) is 9.78 Å². The van der Waals surface area contributed by atoms with Crippen LogP contribution in [-0.2, 0) is 47.4 Å². The van der Waals surface area contributed by atoms with Crippen molar-refractivity contribution in [2.75, 3.05) is 6.54 Å². The molecular formula is C25H27N3O4S. The van der Waals surface area contributed by atoms with E-state index in [-0.39, 0.29) is 13.0 Å². The van der Waals surface area contributed by atoms with E-state index in [9.17, 15) is 13.2 Å². The maximum absolute atomic E-state index is 12.8. The molecule has 0 amide bonds. The van der Waals surface area contributed by atoms with E-state index < -0.39 is 16.2 Å². The Bertz CT molecular complexity index is 1200. The lowest BCUT2D eigenvalue weighted by Crippen LogP contribution is -2.38. The van der Waals surface area contributed by atoms with Crippen molar-refractivity contribution in [3.63, 3.8) is 0 Å². The zero-order valence-corrected chi connectivity index (χ0v) is 19.1. The Hall–Kier alpha value is -3.07. The second-order valence-corrected chi connectivity index (χ2v) is 10.0. The number of pyridine rings is 1. The van der Waals surface area contributed by atoms with Crippen LogP contribution >= 0.6 is 0 Å². The first-order chi connectivity index (χ1) is 15.9. The Morgan fingerprint density at radius 2 is 1.61 bits per heavy atom. The molecule has 0 unspecified atom stereocenters. The van der Waals surface area contributed by atoms with Crippen molar-refractivity contribution in [1.82, 2.24) is 14.0 Å². The first kappa shape index (κ1) is 23.1. The number of hydrogen-bond donors (Lipinski definition) is 2. The minimum Gasteiger partial charge on any atom is -0.481 e. The van der Waals surface area contributed by atoms with Crippen molar-refractivity contribution in [3.8, 4) is 0 Å². The van der Waals surface area contributed by atoms with Gasteiger partial charge in [0.2, 0.25) is 0 Å². The molecule has 4 rings (SSSR count). The van der Waals surface area contributed by atoms with Crippen LogP contribution in [0.4, 0.5) is 0 Å². The first-order valence-corrected chi connectivity index (χ1v) is 12.4. The van der Waals surface area contributed by atoms with Gasteiger partial charge in [-0.1, -0.05) is 48.5 Å². The molecule has 2 N–H and O–H groups in total. The molecule has 0 aliphatic carbocycles. The largest absolute Gasteiger partial charge is 0.481 e. The van der Waals surface area contributed by atoms with Gasteiger partial charge in [0, 0.05) is 38.4 Å². The molecule has 1 aromatic heterocycles. The third-order valence-corrected chi connectivity index (χ3v) is 7.23. The maximum Gasteiger partial charge on any atom is 0.303 e. The molecule has 33 heavy (non-hydrogen) atoms. The highest BCUT2D eigenvalue weighted by molar-refractivity contribution is 7.87. The number of nitrogens with one attached hydrogen (secondary N) is 1. The SMILES string of the molecule is O=C(O)CCc1cc(CCNS(=O)(=O)N2Cc3ccccc3C2)cc(Cc2cccnc2)c1. The molecular weight excluding hydrogens is 438 g/mol. The fourth-order valence-electron chi connectivity index (χ4n) is 4.11. The quantitative estimate of drug-likeness (QED) is 0.479.